The van der Waals surface area contributed by atoms with Gasteiger partial charge >= 0.3 is 0 Å². The molecule has 0 bridgehead atoms. The predicted octanol–water partition coefficient (Wildman–Crippen LogP) is 1.74. The van der Waals surface area contributed by atoms with Crippen LogP contribution in [0.15, 0.2) is 29.7 Å². The Balaban J connectivity index is 2.49. The van der Waals surface area contributed by atoms with E-state index in [0.29, 0.717) is 5.56 Å². The summed E-state index contributed by atoms with van der Waals surface area (Å²) in [6, 6.07) is 2.77. The van der Waals surface area contributed by atoms with E-state index in [9.17, 15) is 18.5 Å². The van der Waals surface area contributed by atoms with Gasteiger partial charge in [0, 0.05) is 6.07 Å². The summed E-state index contributed by atoms with van der Waals surface area (Å²) in [4.78, 5) is 16.4. The second-order valence-corrected chi connectivity index (χ2v) is 5.88. The van der Waals surface area contributed by atoms with Crippen molar-refractivity contribution in [1.82, 2.24) is 9.97 Å². The SMILES string of the molecule is Cc1cc(NS(=O)(=O)c2cnc[nH]2)c([N+](=O)[O-])cc1C. The summed E-state index contributed by atoms with van der Waals surface area (Å²) in [5.41, 5.74) is 1.09. The number of nitro benzene ring substituents is 1. The van der Waals surface area contributed by atoms with E-state index in [1.54, 1.807) is 13.8 Å². The number of benzene rings is 1. The molecule has 0 amide bonds. The number of H-pyrrole nitrogens is 1. The fourth-order valence-corrected chi connectivity index (χ4v) is 2.59. The van der Waals surface area contributed by atoms with Crippen LogP contribution in [0.4, 0.5) is 11.4 Å². The Morgan fingerprint density at radius 2 is 1.95 bits per heavy atom. The van der Waals surface area contributed by atoms with Crippen molar-refractivity contribution in [2.75, 3.05) is 4.72 Å². The molecule has 0 aliphatic rings. The number of sulfonamides is 1. The Bertz CT molecular complexity index is 753. The number of nitrogens with zero attached hydrogens (tertiary/aromatic N) is 2. The highest BCUT2D eigenvalue weighted by atomic mass is 32.2. The van der Waals surface area contributed by atoms with Crippen molar-refractivity contribution in [3.8, 4) is 0 Å². The van der Waals surface area contributed by atoms with Gasteiger partial charge in [0.15, 0.2) is 5.03 Å². The molecule has 0 unspecified atom stereocenters. The summed E-state index contributed by atoms with van der Waals surface area (Å²) in [6.07, 6.45) is 2.33. The minimum Gasteiger partial charge on any atom is -0.334 e. The van der Waals surface area contributed by atoms with Gasteiger partial charge in [0.05, 0.1) is 17.4 Å². The molecule has 2 rings (SSSR count). The van der Waals surface area contributed by atoms with Crippen molar-refractivity contribution in [2.24, 2.45) is 0 Å². The molecule has 2 aromatic rings. The Labute approximate surface area is 115 Å². The highest BCUT2D eigenvalue weighted by Gasteiger charge is 2.22. The third-order valence-corrected chi connectivity index (χ3v) is 4.11. The summed E-state index contributed by atoms with van der Waals surface area (Å²) in [6.45, 7) is 3.46. The average molecular weight is 296 g/mol. The van der Waals surface area contributed by atoms with Crippen molar-refractivity contribution >= 4 is 21.4 Å². The van der Waals surface area contributed by atoms with Crippen LogP contribution in [-0.4, -0.2) is 23.3 Å². The van der Waals surface area contributed by atoms with Crippen molar-refractivity contribution in [3.63, 3.8) is 0 Å². The first-order chi connectivity index (χ1) is 9.31. The van der Waals surface area contributed by atoms with Crippen LogP contribution in [-0.2, 0) is 10.0 Å². The molecule has 20 heavy (non-hydrogen) atoms. The van der Waals surface area contributed by atoms with Gasteiger partial charge < -0.3 is 4.98 Å². The number of hydrogen-bond donors (Lipinski definition) is 2. The maximum atomic E-state index is 12.0. The number of imidazole rings is 1. The largest absolute Gasteiger partial charge is 0.334 e. The molecule has 0 aliphatic heterocycles. The van der Waals surface area contributed by atoms with E-state index in [2.05, 4.69) is 14.7 Å². The van der Waals surface area contributed by atoms with Gasteiger partial charge in [0.2, 0.25) is 0 Å². The summed E-state index contributed by atoms with van der Waals surface area (Å²) >= 11 is 0. The number of anilines is 1. The zero-order valence-electron chi connectivity index (χ0n) is 10.7. The van der Waals surface area contributed by atoms with E-state index in [1.807, 2.05) is 0 Å². The van der Waals surface area contributed by atoms with E-state index < -0.39 is 14.9 Å². The second-order valence-electron chi connectivity index (χ2n) is 4.23. The molecule has 0 radical (unpaired) electrons. The normalized spacial score (nSPS) is 11.3. The van der Waals surface area contributed by atoms with Crippen LogP contribution in [0.5, 0.6) is 0 Å². The highest BCUT2D eigenvalue weighted by Crippen LogP contribution is 2.29. The van der Waals surface area contributed by atoms with Crippen LogP contribution in [0.3, 0.4) is 0 Å². The van der Waals surface area contributed by atoms with Crippen LogP contribution in [0.1, 0.15) is 11.1 Å². The maximum Gasteiger partial charge on any atom is 0.293 e. The lowest BCUT2D eigenvalue weighted by Gasteiger charge is -2.09. The summed E-state index contributed by atoms with van der Waals surface area (Å²) in [5, 5.41) is 10.8. The Hall–Kier alpha value is -2.42. The summed E-state index contributed by atoms with van der Waals surface area (Å²) < 4.78 is 26.3. The molecule has 9 heteroatoms. The average Bonchev–Trinajstić information content (AvgIpc) is 2.87. The minimum atomic E-state index is -3.93. The first-order valence-corrected chi connectivity index (χ1v) is 7.06. The zero-order valence-corrected chi connectivity index (χ0v) is 11.6. The molecular weight excluding hydrogens is 284 g/mol. The van der Waals surface area contributed by atoms with Gasteiger partial charge in [0.1, 0.15) is 5.69 Å². The van der Waals surface area contributed by atoms with Crippen molar-refractivity contribution in [3.05, 3.63) is 45.9 Å². The zero-order chi connectivity index (χ0) is 14.9. The molecule has 1 heterocycles. The number of aryl methyl sites for hydroxylation is 2. The molecule has 8 nitrogen and oxygen atoms in total. The Morgan fingerprint density at radius 1 is 1.30 bits per heavy atom. The summed E-state index contributed by atoms with van der Waals surface area (Å²) in [5.74, 6) is 0. The van der Waals surface area contributed by atoms with E-state index in [-0.39, 0.29) is 16.4 Å². The van der Waals surface area contributed by atoms with Gasteiger partial charge in [-0.3, -0.25) is 14.8 Å². The second kappa shape index (κ2) is 4.93. The number of aromatic amines is 1. The third-order valence-electron chi connectivity index (χ3n) is 2.82. The van der Waals surface area contributed by atoms with Crippen LogP contribution in [0.2, 0.25) is 0 Å². The van der Waals surface area contributed by atoms with Crippen LogP contribution >= 0.6 is 0 Å². The monoisotopic (exact) mass is 296 g/mol. The van der Waals surface area contributed by atoms with Gasteiger partial charge in [-0.15, -0.1) is 0 Å². The first kappa shape index (κ1) is 14.0. The van der Waals surface area contributed by atoms with E-state index in [4.69, 9.17) is 0 Å². The quantitative estimate of drug-likeness (QED) is 0.658. The lowest BCUT2D eigenvalue weighted by atomic mass is 10.1. The topological polar surface area (TPSA) is 118 Å². The lowest BCUT2D eigenvalue weighted by Crippen LogP contribution is -2.14. The number of hydrogen-bond acceptors (Lipinski definition) is 5. The van der Waals surface area contributed by atoms with E-state index >= 15 is 0 Å². The minimum absolute atomic E-state index is 0.0762. The number of rotatable bonds is 4. The number of aromatic nitrogens is 2. The van der Waals surface area contributed by atoms with Gasteiger partial charge in [-0.1, -0.05) is 0 Å². The Morgan fingerprint density at radius 3 is 2.50 bits per heavy atom. The maximum absolute atomic E-state index is 12.0. The molecule has 1 aromatic heterocycles. The molecular formula is C11H12N4O4S. The van der Waals surface area contributed by atoms with Crippen molar-refractivity contribution in [2.45, 2.75) is 18.9 Å². The van der Waals surface area contributed by atoms with E-state index in [1.165, 1.54) is 18.5 Å². The lowest BCUT2D eigenvalue weighted by molar-refractivity contribution is -0.383. The summed E-state index contributed by atoms with van der Waals surface area (Å²) in [7, 11) is -3.93. The van der Waals surface area contributed by atoms with Crippen LogP contribution in [0, 0.1) is 24.0 Å². The molecule has 0 saturated heterocycles. The first-order valence-electron chi connectivity index (χ1n) is 5.58. The highest BCUT2D eigenvalue weighted by molar-refractivity contribution is 7.92. The molecule has 2 N–H and O–H groups in total. The van der Waals surface area contributed by atoms with Gasteiger partial charge in [-0.05, 0) is 31.0 Å². The van der Waals surface area contributed by atoms with Crippen molar-refractivity contribution in [1.29, 1.82) is 0 Å². The van der Waals surface area contributed by atoms with Gasteiger partial charge in [-0.2, -0.15) is 8.42 Å². The fraction of sp³-hybridized carbons (Fsp3) is 0.182. The standard InChI is InChI=1S/C11H12N4O4S/c1-7-3-9(10(15(16)17)4-8(7)2)14-20(18,19)11-5-12-6-13-11/h3-6,14H,1-2H3,(H,12,13). The molecule has 106 valence electrons. The fourth-order valence-electron chi connectivity index (χ4n) is 1.62. The van der Waals surface area contributed by atoms with Gasteiger partial charge in [0.25, 0.3) is 15.7 Å². The molecule has 0 fully saturated rings. The molecule has 0 atom stereocenters. The predicted molar refractivity (Wildman–Crippen MR) is 72.0 cm³/mol. The third kappa shape index (κ3) is 2.62. The van der Waals surface area contributed by atoms with Crippen LogP contribution in [0.25, 0.3) is 0 Å². The number of nitrogens with one attached hydrogen (secondary N) is 2. The molecule has 0 saturated carbocycles. The molecule has 0 aliphatic carbocycles. The molecule has 1 aromatic carbocycles. The smallest absolute Gasteiger partial charge is 0.293 e. The van der Waals surface area contributed by atoms with Crippen LogP contribution < -0.4 is 4.72 Å². The van der Waals surface area contributed by atoms with E-state index in [0.717, 1.165) is 11.8 Å². The molecule has 0 spiro atoms. The van der Waals surface area contributed by atoms with Crippen molar-refractivity contribution < 1.29 is 13.3 Å². The number of nitro groups is 1. The van der Waals surface area contributed by atoms with Gasteiger partial charge in [-0.25, -0.2) is 4.98 Å². The Kier molecular flexibility index (Phi) is 3.45.